The number of hydrogen-bond acceptors (Lipinski definition) is 6. The van der Waals surface area contributed by atoms with Crippen LogP contribution < -0.4 is 11.1 Å². The molecule has 0 saturated carbocycles. The number of aromatic amines is 1. The highest BCUT2D eigenvalue weighted by Gasteiger charge is 2.27. The topological polar surface area (TPSA) is 130 Å². The number of pyridine rings is 1. The van der Waals surface area contributed by atoms with Gasteiger partial charge >= 0.3 is 0 Å². The molecular formula is C19H21N7O2. The van der Waals surface area contributed by atoms with E-state index in [-0.39, 0.29) is 29.2 Å². The Bertz CT molecular complexity index is 1020. The minimum Gasteiger partial charge on any atom is -0.382 e. The second kappa shape index (κ2) is 7.63. The zero-order chi connectivity index (χ0) is 19.5. The Labute approximate surface area is 161 Å². The molecule has 0 aromatic carbocycles. The lowest BCUT2D eigenvalue weighted by molar-refractivity contribution is 0.0665. The number of carbonyl (C=O) groups is 2. The zero-order valence-electron chi connectivity index (χ0n) is 15.3. The molecule has 3 aromatic heterocycles. The monoisotopic (exact) mass is 379 g/mol. The van der Waals surface area contributed by atoms with Gasteiger partial charge in [0.25, 0.3) is 11.8 Å². The van der Waals surface area contributed by atoms with E-state index < -0.39 is 0 Å². The van der Waals surface area contributed by atoms with Gasteiger partial charge in [-0.2, -0.15) is 0 Å². The summed E-state index contributed by atoms with van der Waals surface area (Å²) in [5.74, 6) is -0.143. The Morgan fingerprint density at radius 1 is 1.25 bits per heavy atom. The number of rotatable bonds is 4. The number of nitrogens with two attached hydrogens (primary N) is 1. The summed E-state index contributed by atoms with van der Waals surface area (Å²) in [6.45, 7) is 1.66. The molecule has 1 fully saturated rings. The molecule has 0 aliphatic carbocycles. The van der Waals surface area contributed by atoms with Gasteiger partial charge in [0.2, 0.25) is 0 Å². The number of hydrogen-bond donors (Lipinski definition) is 3. The number of nitrogen functional groups attached to an aromatic ring is 1. The van der Waals surface area contributed by atoms with Crippen molar-refractivity contribution in [1.82, 2.24) is 30.2 Å². The minimum atomic E-state index is -0.221. The predicted octanol–water partition coefficient (Wildman–Crippen LogP) is 1.22. The molecular weight excluding hydrogens is 358 g/mol. The number of anilines is 1. The maximum Gasteiger partial charge on any atom is 0.276 e. The van der Waals surface area contributed by atoms with Crippen molar-refractivity contribution in [1.29, 1.82) is 0 Å². The quantitative estimate of drug-likeness (QED) is 0.625. The molecule has 0 bridgehead atoms. The van der Waals surface area contributed by atoms with Crippen LogP contribution in [-0.2, 0) is 0 Å². The van der Waals surface area contributed by atoms with E-state index in [4.69, 9.17) is 5.73 Å². The van der Waals surface area contributed by atoms with Crippen LogP contribution in [0.1, 0.15) is 33.8 Å². The van der Waals surface area contributed by atoms with Crippen LogP contribution in [0.5, 0.6) is 0 Å². The third kappa shape index (κ3) is 3.64. The summed E-state index contributed by atoms with van der Waals surface area (Å²) < 4.78 is 0. The summed E-state index contributed by atoms with van der Waals surface area (Å²) in [6, 6.07) is 5.36. The van der Waals surface area contributed by atoms with Crippen LogP contribution in [0.3, 0.4) is 0 Å². The molecule has 144 valence electrons. The third-order valence-electron chi connectivity index (χ3n) is 4.92. The van der Waals surface area contributed by atoms with Gasteiger partial charge in [-0.15, -0.1) is 0 Å². The second-order valence-corrected chi connectivity index (χ2v) is 6.87. The number of aromatic nitrogens is 4. The van der Waals surface area contributed by atoms with Crippen LogP contribution in [0.2, 0.25) is 0 Å². The van der Waals surface area contributed by atoms with Crippen LogP contribution in [0, 0.1) is 5.92 Å². The Hall–Kier alpha value is -3.49. The Morgan fingerprint density at radius 2 is 2.11 bits per heavy atom. The molecule has 1 aliphatic rings. The fourth-order valence-corrected chi connectivity index (χ4v) is 3.47. The minimum absolute atomic E-state index is 0.133. The lowest BCUT2D eigenvalue weighted by Crippen LogP contribution is -2.44. The van der Waals surface area contributed by atoms with Gasteiger partial charge in [-0.25, -0.2) is 15.0 Å². The Balaban J connectivity index is 1.36. The average molecular weight is 379 g/mol. The molecule has 3 aromatic rings. The number of H-pyrrole nitrogens is 1. The van der Waals surface area contributed by atoms with Gasteiger partial charge in [-0.1, -0.05) is 0 Å². The molecule has 9 nitrogen and oxygen atoms in total. The number of piperidine rings is 1. The molecule has 4 rings (SSSR count). The number of amides is 2. The largest absolute Gasteiger partial charge is 0.382 e. The van der Waals surface area contributed by atoms with E-state index in [1.165, 1.54) is 12.4 Å². The first kappa shape index (κ1) is 17.9. The maximum absolute atomic E-state index is 12.7. The number of carbonyl (C=O) groups excluding carboxylic acids is 2. The summed E-state index contributed by atoms with van der Waals surface area (Å²) in [5.41, 5.74) is 7.97. The van der Waals surface area contributed by atoms with E-state index in [1.54, 1.807) is 17.2 Å². The summed E-state index contributed by atoms with van der Waals surface area (Å²) in [5, 5.41) is 2.93. The van der Waals surface area contributed by atoms with Crippen LogP contribution in [0.15, 0.2) is 36.8 Å². The summed E-state index contributed by atoms with van der Waals surface area (Å²) in [7, 11) is 0. The number of likely N-dealkylation sites (tertiary alicyclic amines) is 1. The van der Waals surface area contributed by atoms with Gasteiger partial charge in [-0.3, -0.25) is 9.59 Å². The van der Waals surface area contributed by atoms with E-state index in [0.29, 0.717) is 25.3 Å². The summed E-state index contributed by atoms with van der Waals surface area (Å²) in [4.78, 5) is 42.2. The van der Waals surface area contributed by atoms with E-state index in [9.17, 15) is 9.59 Å². The van der Waals surface area contributed by atoms with Crippen molar-refractivity contribution >= 4 is 28.7 Å². The molecule has 1 aliphatic heterocycles. The molecule has 4 heterocycles. The summed E-state index contributed by atoms with van der Waals surface area (Å²) >= 11 is 0. The van der Waals surface area contributed by atoms with Gasteiger partial charge in [-0.05, 0) is 37.0 Å². The van der Waals surface area contributed by atoms with Crippen LogP contribution in [0.4, 0.5) is 5.82 Å². The van der Waals surface area contributed by atoms with E-state index in [2.05, 4.69) is 25.3 Å². The van der Waals surface area contributed by atoms with Gasteiger partial charge in [0.05, 0.1) is 11.0 Å². The van der Waals surface area contributed by atoms with Gasteiger partial charge < -0.3 is 20.9 Å². The first-order valence-electron chi connectivity index (χ1n) is 9.20. The fraction of sp³-hybridized carbons (Fsp3) is 0.316. The summed E-state index contributed by atoms with van der Waals surface area (Å²) in [6.07, 6.45) is 6.50. The van der Waals surface area contributed by atoms with Gasteiger partial charge in [0, 0.05) is 38.2 Å². The molecule has 0 spiro atoms. The predicted molar refractivity (Wildman–Crippen MR) is 103 cm³/mol. The van der Waals surface area contributed by atoms with Crippen molar-refractivity contribution in [3.8, 4) is 0 Å². The lowest BCUT2D eigenvalue weighted by atomic mass is 9.97. The number of nitrogens with one attached hydrogen (secondary N) is 2. The van der Waals surface area contributed by atoms with Crippen molar-refractivity contribution in [2.75, 3.05) is 25.4 Å². The van der Waals surface area contributed by atoms with Crippen molar-refractivity contribution in [3.05, 3.63) is 48.2 Å². The van der Waals surface area contributed by atoms with Crippen molar-refractivity contribution < 1.29 is 9.59 Å². The smallest absolute Gasteiger partial charge is 0.276 e. The van der Waals surface area contributed by atoms with Crippen LogP contribution >= 0.6 is 0 Å². The average Bonchev–Trinajstić information content (AvgIpc) is 3.20. The fourth-order valence-electron chi connectivity index (χ4n) is 3.47. The maximum atomic E-state index is 12.7. The second-order valence-electron chi connectivity index (χ2n) is 6.87. The molecule has 1 atom stereocenters. The molecule has 1 saturated heterocycles. The molecule has 9 heteroatoms. The molecule has 4 N–H and O–H groups in total. The highest BCUT2D eigenvalue weighted by Crippen LogP contribution is 2.19. The standard InChI is InChI=1S/C19H21N7O2/c20-17-16(22-7-8-23-17)19(28)26-9-1-2-12(11-26)10-24-18(27)15-4-3-13-14(25-15)5-6-21-13/h3-8,12,21H,1-2,9-11H2,(H2,20,23)(H,24,27). The van der Waals surface area contributed by atoms with Crippen molar-refractivity contribution in [3.63, 3.8) is 0 Å². The van der Waals surface area contributed by atoms with Crippen LogP contribution in [-0.4, -0.2) is 56.3 Å². The molecule has 1 unspecified atom stereocenters. The highest BCUT2D eigenvalue weighted by molar-refractivity contribution is 5.96. The highest BCUT2D eigenvalue weighted by atomic mass is 16.2. The van der Waals surface area contributed by atoms with Crippen molar-refractivity contribution in [2.24, 2.45) is 5.92 Å². The normalized spacial score (nSPS) is 16.9. The first-order chi connectivity index (χ1) is 13.6. The van der Waals surface area contributed by atoms with Crippen LogP contribution in [0.25, 0.3) is 11.0 Å². The Kier molecular flexibility index (Phi) is 4.88. The third-order valence-corrected chi connectivity index (χ3v) is 4.92. The van der Waals surface area contributed by atoms with Gasteiger partial charge in [0.15, 0.2) is 11.5 Å². The van der Waals surface area contributed by atoms with E-state index >= 15 is 0 Å². The van der Waals surface area contributed by atoms with E-state index in [1.807, 2.05) is 12.1 Å². The Morgan fingerprint density at radius 3 is 2.96 bits per heavy atom. The zero-order valence-corrected chi connectivity index (χ0v) is 15.3. The SMILES string of the molecule is Nc1nccnc1C(=O)N1CCCC(CNC(=O)c2ccc3[nH]ccc3n2)C1. The first-order valence-corrected chi connectivity index (χ1v) is 9.20. The number of nitrogens with zero attached hydrogens (tertiary/aromatic N) is 4. The van der Waals surface area contributed by atoms with Gasteiger partial charge in [0.1, 0.15) is 5.69 Å². The molecule has 28 heavy (non-hydrogen) atoms. The van der Waals surface area contributed by atoms with Crippen molar-refractivity contribution in [2.45, 2.75) is 12.8 Å². The molecule has 2 amide bonds. The lowest BCUT2D eigenvalue weighted by Gasteiger charge is -2.32. The number of fused-ring (bicyclic) bond motifs is 1. The van der Waals surface area contributed by atoms with E-state index in [0.717, 1.165) is 23.9 Å². The molecule has 0 radical (unpaired) electrons.